The lowest BCUT2D eigenvalue weighted by atomic mass is 9.94. The summed E-state index contributed by atoms with van der Waals surface area (Å²) in [4.78, 5) is 9.18. The number of aliphatic imine (C=N–C) groups is 2. The maximum Gasteiger partial charge on any atom is 0.0979 e. The van der Waals surface area contributed by atoms with Crippen LogP contribution in [0.4, 0.5) is 5.69 Å². The number of hydrogen-bond donors (Lipinski definition) is 2. The highest BCUT2D eigenvalue weighted by Crippen LogP contribution is 2.27. The van der Waals surface area contributed by atoms with Gasteiger partial charge in [0.2, 0.25) is 0 Å². The Morgan fingerprint density at radius 1 is 1.22 bits per heavy atom. The summed E-state index contributed by atoms with van der Waals surface area (Å²) in [5.74, 6) is 0.995. The Hall–Kier alpha value is -2.46. The van der Waals surface area contributed by atoms with Gasteiger partial charge in [0.25, 0.3) is 0 Å². The lowest BCUT2D eigenvalue weighted by Gasteiger charge is -2.20. The number of benzene rings is 1. The van der Waals surface area contributed by atoms with E-state index in [0.717, 1.165) is 43.2 Å². The van der Waals surface area contributed by atoms with Crippen LogP contribution in [-0.4, -0.2) is 37.7 Å². The summed E-state index contributed by atoms with van der Waals surface area (Å²) in [6, 6.07) is 6.99. The zero-order valence-corrected chi connectivity index (χ0v) is 16.8. The van der Waals surface area contributed by atoms with Crippen molar-refractivity contribution in [1.29, 1.82) is 0 Å². The zero-order chi connectivity index (χ0) is 19.2. The molecule has 0 radical (unpaired) electrons. The quantitative estimate of drug-likeness (QED) is 0.612. The van der Waals surface area contributed by atoms with Gasteiger partial charge in [0.05, 0.1) is 17.6 Å². The van der Waals surface area contributed by atoms with Crippen LogP contribution in [0.25, 0.3) is 5.57 Å². The van der Waals surface area contributed by atoms with Crippen molar-refractivity contribution in [2.24, 2.45) is 9.98 Å². The van der Waals surface area contributed by atoms with Gasteiger partial charge in [0.1, 0.15) is 0 Å². The van der Waals surface area contributed by atoms with Crippen LogP contribution in [0.1, 0.15) is 37.8 Å². The number of aryl methyl sites for hydroxylation is 1. The van der Waals surface area contributed by atoms with E-state index in [9.17, 15) is 0 Å². The van der Waals surface area contributed by atoms with Crippen LogP contribution in [0.2, 0.25) is 0 Å². The SMILES string of the molecule is C/C=C1/C=C(c2ccc(NC(C)=NC3CCNCC3)c(C)c2)C=CC1=NC. The van der Waals surface area contributed by atoms with Crippen LogP contribution in [0.3, 0.4) is 0 Å². The van der Waals surface area contributed by atoms with Gasteiger partial charge in [-0.1, -0.05) is 18.2 Å². The highest BCUT2D eigenvalue weighted by Gasteiger charge is 2.13. The molecule has 142 valence electrons. The highest BCUT2D eigenvalue weighted by molar-refractivity contribution is 6.14. The first-order valence-electron chi connectivity index (χ1n) is 9.77. The van der Waals surface area contributed by atoms with Crippen molar-refractivity contribution >= 4 is 22.8 Å². The molecule has 2 N–H and O–H groups in total. The maximum atomic E-state index is 4.85. The summed E-state index contributed by atoms with van der Waals surface area (Å²) in [5, 5.41) is 6.87. The highest BCUT2D eigenvalue weighted by atomic mass is 15.0. The molecule has 27 heavy (non-hydrogen) atoms. The molecule has 0 amide bonds. The Balaban J connectivity index is 1.75. The molecule has 2 aliphatic rings. The van der Waals surface area contributed by atoms with E-state index >= 15 is 0 Å². The monoisotopic (exact) mass is 362 g/mol. The number of rotatable bonds is 3. The third-order valence-electron chi connectivity index (χ3n) is 5.14. The molecule has 3 rings (SSSR count). The molecule has 0 aromatic heterocycles. The summed E-state index contributed by atoms with van der Waals surface area (Å²) in [6.45, 7) is 8.39. The molecule has 0 saturated carbocycles. The maximum absolute atomic E-state index is 4.85. The minimum absolute atomic E-state index is 0.435. The largest absolute Gasteiger partial charge is 0.344 e. The lowest BCUT2D eigenvalue weighted by molar-refractivity contribution is 0.460. The number of allylic oxidation sites excluding steroid dienone is 6. The van der Waals surface area contributed by atoms with E-state index in [1.807, 2.05) is 7.05 Å². The average molecular weight is 363 g/mol. The standard InChI is InChI=1S/C23H30N4/c1-5-18-15-20(7-9-23(18)24-4)19-6-8-22(16(2)14-19)27-17(3)26-21-10-12-25-13-11-21/h5-9,14-15,21,25H,10-13H2,1-4H3,(H,26,27)/b18-5-,24-23?. The first kappa shape index (κ1) is 19.3. The van der Waals surface area contributed by atoms with Gasteiger partial charge < -0.3 is 10.6 Å². The second-order valence-electron chi connectivity index (χ2n) is 7.14. The predicted octanol–water partition coefficient (Wildman–Crippen LogP) is 4.55. The van der Waals surface area contributed by atoms with E-state index in [2.05, 4.69) is 78.9 Å². The van der Waals surface area contributed by atoms with E-state index in [1.165, 1.54) is 22.3 Å². The van der Waals surface area contributed by atoms with Gasteiger partial charge in [-0.2, -0.15) is 0 Å². The van der Waals surface area contributed by atoms with E-state index in [4.69, 9.17) is 4.99 Å². The Kier molecular flexibility index (Phi) is 6.40. The number of nitrogens with one attached hydrogen (secondary N) is 2. The van der Waals surface area contributed by atoms with Crippen LogP contribution in [-0.2, 0) is 0 Å². The lowest BCUT2D eigenvalue weighted by Crippen LogP contribution is -2.30. The minimum atomic E-state index is 0.435. The molecular weight excluding hydrogens is 332 g/mol. The van der Waals surface area contributed by atoms with Crippen LogP contribution in [0.15, 0.2) is 58.1 Å². The van der Waals surface area contributed by atoms with Crippen molar-refractivity contribution in [3.05, 3.63) is 59.2 Å². The summed E-state index contributed by atoms with van der Waals surface area (Å²) in [7, 11) is 1.83. The van der Waals surface area contributed by atoms with Crippen LogP contribution >= 0.6 is 0 Å². The van der Waals surface area contributed by atoms with Crippen molar-refractivity contribution in [2.45, 2.75) is 39.7 Å². The van der Waals surface area contributed by atoms with Gasteiger partial charge in [-0.15, -0.1) is 0 Å². The predicted molar refractivity (Wildman–Crippen MR) is 118 cm³/mol. The molecule has 1 fully saturated rings. The Morgan fingerprint density at radius 3 is 2.67 bits per heavy atom. The molecule has 1 aliphatic heterocycles. The molecule has 1 heterocycles. The molecule has 1 saturated heterocycles. The van der Waals surface area contributed by atoms with E-state index in [1.54, 1.807) is 0 Å². The third kappa shape index (κ3) is 4.83. The molecule has 4 nitrogen and oxygen atoms in total. The normalized spacial score (nSPS) is 21.6. The molecule has 1 aliphatic carbocycles. The van der Waals surface area contributed by atoms with Gasteiger partial charge in [0.15, 0.2) is 0 Å². The first-order valence-corrected chi connectivity index (χ1v) is 9.77. The van der Waals surface area contributed by atoms with E-state index in [0.29, 0.717) is 6.04 Å². The molecule has 4 heteroatoms. The van der Waals surface area contributed by atoms with Gasteiger partial charge in [-0.05, 0) is 93.3 Å². The van der Waals surface area contributed by atoms with Crippen LogP contribution in [0.5, 0.6) is 0 Å². The molecular formula is C23H30N4. The average Bonchev–Trinajstić information content (AvgIpc) is 2.69. The van der Waals surface area contributed by atoms with Crippen molar-refractivity contribution in [3.63, 3.8) is 0 Å². The van der Waals surface area contributed by atoms with Crippen molar-refractivity contribution < 1.29 is 0 Å². The summed E-state index contributed by atoms with van der Waals surface area (Å²) in [5.41, 5.74) is 6.97. The van der Waals surface area contributed by atoms with E-state index in [-0.39, 0.29) is 0 Å². The Labute approximate surface area is 162 Å². The minimum Gasteiger partial charge on any atom is -0.344 e. The zero-order valence-electron chi connectivity index (χ0n) is 16.8. The van der Waals surface area contributed by atoms with E-state index < -0.39 is 0 Å². The number of nitrogens with zero attached hydrogens (tertiary/aromatic N) is 2. The van der Waals surface area contributed by atoms with Crippen molar-refractivity contribution in [1.82, 2.24) is 5.32 Å². The van der Waals surface area contributed by atoms with Gasteiger partial charge >= 0.3 is 0 Å². The fourth-order valence-electron chi connectivity index (χ4n) is 3.59. The smallest absolute Gasteiger partial charge is 0.0979 e. The number of amidine groups is 1. The topological polar surface area (TPSA) is 48.8 Å². The number of piperidine rings is 1. The van der Waals surface area contributed by atoms with Crippen molar-refractivity contribution in [2.75, 3.05) is 25.5 Å². The Bertz CT molecular complexity index is 834. The molecule has 1 aromatic carbocycles. The Morgan fingerprint density at radius 2 is 2.00 bits per heavy atom. The number of anilines is 1. The third-order valence-corrected chi connectivity index (χ3v) is 5.14. The molecule has 0 atom stereocenters. The van der Waals surface area contributed by atoms with Crippen LogP contribution in [0, 0.1) is 6.92 Å². The molecule has 0 unspecified atom stereocenters. The van der Waals surface area contributed by atoms with Gasteiger partial charge in [0, 0.05) is 12.7 Å². The molecule has 1 aromatic rings. The fourth-order valence-corrected chi connectivity index (χ4v) is 3.59. The summed E-state index contributed by atoms with van der Waals surface area (Å²) < 4.78 is 0. The second kappa shape index (κ2) is 8.96. The number of hydrogen-bond acceptors (Lipinski definition) is 3. The summed E-state index contributed by atoms with van der Waals surface area (Å²) >= 11 is 0. The second-order valence-corrected chi connectivity index (χ2v) is 7.14. The van der Waals surface area contributed by atoms with Crippen molar-refractivity contribution in [3.8, 4) is 0 Å². The fraction of sp³-hybridized carbons (Fsp3) is 0.391. The molecule has 0 bridgehead atoms. The van der Waals surface area contributed by atoms with Gasteiger partial charge in [-0.3, -0.25) is 9.98 Å². The first-order chi connectivity index (χ1) is 13.1. The van der Waals surface area contributed by atoms with Gasteiger partial charge in [-0.25, -0.2) is 0 Å². The summed E-state index contributed by atoms with van der Waals surface area (Å²) in [6.07, 6.45) is 10.8. The molecule has 0 spiro atoms. The van der Waals surface area contributed by atoms with Crippen LogP contribution < -0.4 is 10.6 Å².